The van der Waals surface area contributed by atoms with Gasteiger partial charge in [-0.3, -0.25) is 4.72 Å². The number of carbonyl (C=O) groups is 1. The number of nitrogens with two attached hydrogens (primary N) is 1. The summed E-state index contributed by atoms with van der Waals surface area (Å²) in [5.41, 5.74) is 7.60. The molecule has 4 N–H and O–H groups in total. The van der Waals surface area contributed by atoms with Gasteiger partial charge in [0, 0.05) is 18.0 Å². The molecule has 0 radical (unpaired) electrons. The van der Waals surface area contributed by atoms with Crippen molar-refractivity contribution >= 4 is 27.4 Å². The van der Waals surface area contributed by atoms with E-state index in [9.17, 15) is 18.3 Å². The number of nitrogen functional groups attached to an aromatic ring is 1. The number of nitrogens with zero attached hydrogens (tertiary/aromatic N) is 1. The number of hydrogen-bond donors (Lipinski definition) is 3. The molecule has 1 aromatic heterocycles. The second-order valence-corrected chi connectivity index (χ2v) is 11.6. The molecule has 2 aromatic carbocycles. The Kier molecular flexibility index (Phi) is 8.60. The van der Waals surface area contributed by atoms with E-state index in [-0.39, 0.29) is 22.8 Å². The molecule has 2 atom stereocenters. The van der Waals surface area contributed by atoms with Crippen molar-refractivity contribution in [1.82, 2.24) is 4.98 Å². The molecule has 0 amide bonds. The fourth-order valence-corrected chi connectivity index (χ4v) is 6.19. The molecule has 0 spiro atoms. The van der Waals surface area contributed by atoms with Crippen LogP contribution in [0.15, 0.2) is 89.3 Å². The third kappa shape index (κ3) is 6.60. The minimum atomic E-state index is -3.95. The van der Waals surface area contributed by atoms with Crippen molar-refractivity contribution in [3.05, 3.63) is 95.4 Å². The summed E-state index contributed by atoms with van der Waals surface area (Å²) < 4.78 is 34.3. The molecule has 0 saturated heterocycles. The van der Waals surface area contributed by atoms with Crippen LogP contribution >= 0.6 is 0 Å². The monoisotopic (exact) mass is 549 g/mol. The lowest BCUT2D eigenvalue weighted by molar-refractivity contribution is -0.161. The molecule has 3 aromatic rings. The zero-order chi connectivity index (χ0) is 28.0. The molecule has 0 fully saturated rings. The summed E-state index contributed by atoms with van der Waals surface area (Å²) in [6.45, 7) is 3.95. The molecule has 2 heterocycles. The highest BCUT2D eigenvalue weighted by molar-refractivity contribution is 7.92. The molecular formula is C30H35N3O5S. The van der Waals surface area contributed by atoms with Gasteiger partial charge in [-0.25, -0.2) is 9.78 Å². The van der Waals surface area contributed by atoms with E-state index in [0.717, 1.165) is 18.4 Å². The number of anilines is 2. The van der Waals surface area contributed by atoms with Crippen molar-refractivity contribution in [1.29, 1.82) is 0 Å². The van der Waals surface area contributed by atoms with Gasteiger partial charge in [-0.05, 0) is 61.1 Å². The lowest BCUT2D eigenvalue weighted by Gasteiger charge is -2.38. The number of esters is 1. The maximum Gasteiger partial charge on any atom is 0.338 e. The molecule has 1 aliphatic heterocycles. The quantitative estimate of drug-likeness (QED) is 0.254. The first-order chi connectivity index (χ1) is 18.7. The van der Waals surface area contributed by atoms with Crippen molar-refractivity contribution < 1.29 is 23.1 Å². The Balaban J connectivity index is 1.58. The summed E-state index contributed by atoms with van der Waals surface area (Å²) in [4.78, 5) is 17.3. The molecular weight excluding hydrogens is 514 g/mol. The first-order valence-corrected chi connectivity index (χ1v) is 14.7. The Bertz CT molecular complexity index is 1440. The normalized spacial score (nSPS) is 18.5. The van der Waals surface area contributed by atoms with Gasteiger partial charge >= 0.3 is 5.97 Å². The largest absolute Gasteiger partial charge is 0.512 e. The average molecular weight is 550 g/mol. The predicted octanol–water partition coefficient (Wildman–Crippen LogP) is 5.89. The van der Waals surface area contributed by atoms with E-state index < -0.39 is 27.5 Å². The van der Waals surface area contributed by atoms with Gasteiger partial charge in [-0.15, -0.1) is 0 Å². The number of aryl methyl sites for hydroxylation is 1. The van der Waals surface area contributed by atoms with Gasteiger partial charge in [0.2, 0.25) is 0 Å². The number of aliphatic hydroxyl groups is 1. The Morgan fingerprint density at radius 3 is 2.49 bits per heavy atom. The fraction of sp³-hybridized carbons (Fsp3) is 0.333. The second kappa shape index (κ2) is 11.9. The van der Waals surface area contributed by atoms with Gasteiger partial charge in [0.05, 0.1) is 17.5 Å². The highest BCUT2D eigenvalue weighted by Gasteiger charge is 2.43. The van der Waals surface area contributed by atoms with E-state index in [0.29, 0.717) is 36.2 Å². The number of sulfonamides is 1. The first-order valence-electron chi connectivity index (χ1n) is 13.2. The lowest BCUT2D eigenvalue weighted by Crippen LogP contribution is -2.41. The van der Waals surface area contributed by atoms with Crippen LogP contribution in [-0.4, -0.2) is 30.1 Å². The SMILES string of the molecule is CCCC1(CCc2ccccc2)CC(O)=C([C@H](CC)c2cccc(NS(=O)(=O)c3ccc(N)cn3)c2)C(=O)O1. The maximum atomic E-state index is 13.4. The van der Waals surface area contributed by atoms with E-state index in [1.54, 1.807) is 18.2 Å². The van der Waals surface area contributed by atoms with Gasteiger partial charge in [0.25, 0.3) is 10.0 Å². The number of ether oxygens (including phenoxy) is 1. The Morgan fingerprint density at radius 2 is 1.85 bits per heavy atom. The number of nitrogens with one attached hydrogen (secondary N) is 1. The van der Waals surface area contributed by atoms with Gasteiger partial charge in [0.1, 0.15) is 11.4 Å². The molecule has 9 heteroatoms. The molecule has 0 bridgehead atoms. The van der Waals surface area contributed by atoms with E-state index in [1.165, 1.54) is 18.3 Å². The summed E-state index contributed by atoms with van der Waals surface area (Å²) in [5.74, 6) is -0.953. The summed E-state index contributed by atoms with van der Waals surface area (Å²) in [6, 6.07) is 19.6. The molecule has 4 rings (SSSR count). The number of hydrogen-bond acceptors (Lipinski definition) is 7. The van der Waals surface area contributed by atoms with E-state index in [4.69, 9.17) is 10.5 Å². The molecule has 0 saturated carbocycles. The summed E-state index contributed by atoms with van der Waals surface area (Å²) >= 11 is 0. The highest BCUT2D eigenvalue weighted by atomic mass is 32.2. The van der Waals surface area contributed by atoms with Crippen LogP contribution in [-0.2, 0) is 26.0 Å². The smallest absolute Gasteiger partial charge is 0.338 e. The Morgan fingerprint density at radius 1 is 1.08 bits per heavy atom. The van der Waals surface area contributed by atoms with E-state index >= 15 is 0 Å². The highest BCUT2D eigenvalue weighted by Crippen LogP contribution is 2.42. The van der Waals surface area contributed by atoms with Crippen LogP contribution in [0.3, 0.4) is 0 Å². The standard InChI is InChI=1S/C30H35N3O5S/c1-3-16-30(17-15-21-9-6-5-7-10-21)19-26(34)28(29(35)38-30)25(4-2)22-11-8-12-24(18-22)33-39(36,37)27-14-13-23(31)20-32-27/h5-14,18,20,25,33-34H,3-4,15-17,19,31H2,1-2H3/t25-,30?/m1/s1. The summed E-state index contributed by atoms with van der Waals surface area (Å²) in [6.07, 6.45) is 4.85. The van der Waals surface area contributed by atoms with Gasteiger partial charge in [-0.2, -0.15) is 8.42 Å². The van der Waals surface area contributed by atoms with Gasteiger partial charge < -0.3 is 15.6 Å². The number of pyridine rings is 1. The zero-order valence-electron chi connectivity index (χ0n) is 22.3. The number of benzene rings is 2. The maximum absolute atomic E-state index is 13.4. The lowest BCUT2D eigenvalue weighted by atomic mass is 9.80. The predicted molar refractivity (Wildman–Crippen MR) is 152 cm³/mol. The van der Waals surface area contributed by atoms with Crippen LogP contribution in [0.2, 0.25) is 0 Å². The Labute approximate surface area is 230 Å². The summed E-state index contributed by atoms with van der Waals surface area (Å²) in [7, 11) is -3.95. The third-order valence-corrected chi connectivity index (χ3v) is 8.38. The van der Waals surface area contributed by atoms with Crippen molar-refractivity contribution in [2.24, 2.45) is 0 Å². The van der Waals surface area contributed by atoms with Crippen molar-refractivity contribution in [2.45, 2.75) is 68.9 Å². The van der Waals surface area contributed by atoms with E-state index in [1.807, 2.05) is 50.2 Å². The molecule has 206 valence electrons. The van der Waals surface area contributed by atoms with Gasteiger partial charge in [0.15, 0.2) is 5.03 Å². The second-order valence-electron chi connectivity index (χ2n) is 9.97. The fourth-order valence-electron chi connectivity index (χ4n) is 5.21. The van der Waals surface area contributed by atoms with Crippen molar-refractivity contribution in [2.75, 3.05) is 10.5 Å². The van der Waals surface area contributed by atoms with Crippen LogP contribution in [0, 0.1) is 0 Å². The number of rotatable bonds is 11. The first kappa shape index (κ1) is 28.2. The molecule has 8 nitrogen and oxygen atoms in total. The number of aliphatic hydroxyl groups excluding tert-OH is 1. The average Bonchev–Trinajstić information content (AvgIpc) is 2.90. The topological polar surface area (TPSA) is 132 Å². The summed E-state index contributed by atoms with van der Waals surface area (Å²) in [5, 5.41) is 11.1. The third-order valence-electron chi connectivity index (χ3n) is 7.08. The van der Waals surface area contributed by atoms with Gasteiger partial charge in [-0.1, -0.05) is 62.7 Å². The number of aromatic nitrogens is 1. The van der Waals surface area contributed by atoms with Crippen LogP contribution in [0.25, 0.3) is 0 Å². The molecule has 39 heavy (non-hydrogen) atoms. The molecule has 0 aliphatic carbocycles. The number of carbonyl (C=O) groups excluding carboxylic acids is 1. The van der Waals surface area contributed by atoms with Crippen LogP contribution in [0.5, 0.6) is 0 Å². The molecule has 1 unspecified atom stereocenters. The molecule has 1 aliphatic rings. The van der Waals surface area contributed by atoms with Crippen molar-refractivity contribution in [3.8, 4) is 0 Å². The van der Waals surface area contributed by atoms with Crippen LogP contribution in [0.1, 0.15) is 63.0 Å². The van der Waals surface area contributed by atoms with Crippen LogP contribution < -0.4 is 10.5 Å². The zero-order valence-corrected chi connectivity index (χ0v) is 23.1. The minimum Gasteiger partial charge on any atom is -0.512 e. The minimum absolute atomic E-state index is 0.0386. The van der Waals surface area contributed by atoms with Crippen LogP contribution in [0.4, 0.5) is 11.4 Å². The Hall–Kier alpha value is -3.85. The van der Waals surface area contributed by atoms with Crippen molar-refractivity contribution in [3.63, 3.8) is 0 Å². The number of cyclic esters (lactones) is 1. The van der Waals surface area contributed by atoms with E-state index in [2.05, 4.69) is 9.71 Å².